The smallest absolute Gasteiger partial charge is 0.312 e. The molecule has 0 aliphatic carbocycles. The van der Waals surface area contributed by atoms with Crippen LogP contribution in [0.1, 0.15) is 16.2 Å². The summed E-state index contributed by atoms with van der Waals surface area (Å²) in [6.07, 6.45) is 3.20. The fraction of sp³-hybridized carbons (Fsp3) is 0.0556. The molecule has 0 aliphatic heterocycles. The second-order valence-corrected chi connectivity index (χ2v) is 5.48. The molecule has 6 heteroatoms. The van der Waals surface area contributed by atoms with Crippen LogP contribution in [-0.4, -0.2) is 25.6 Å². The van der Waals surface area contributed by atoms with Crippen molar-refractivity contribution in [2.75, 3.05) is 0 Å². The summed E-state index contributed by atoms with van der Waals surface area (Å²) in [5, 5.41) is 11.0. The van der Waals surface area contributed by atoms with Gasteiger partial charge in [-0.25, -0.2) is 15.4 Å². The largest absolute Gasteiger partial charge is 0.336 e. The zero-order chi connectivity index (χ0) is 16.5. The maximum Gasteiger partial charge on any atom is 0.312 e. The maximum atomic E-state index is 11.3. The molecule has 0 bridgehead atoms. The third kappa shape index (κ3) is 2.29. The van der Waals surface area contributed by atoms with Gasteiger partial charge in [0, 0.05) is 39.8 Å². The van der Waals surface area contributed by atoms with E-state index in [2.05, 4.69) is 38.8 Å². The molecule has 0 unspecified atom stereocenters. The molecular formula is C18H14N4O2. The van der Waals surface area contributed by atoms with E-state index in [1.54, 1.807) is 12.4 Å². The van der Waals surface area contributed by atoms with Crippen LogP contribution in [0.3, 0.4) is 0 Å². The summed E-state index contributed by atoms with van der Waals surface area (Å²) in [5.41, 5.74) is 4.67. The lowest BCUT2D eigenvalue weighted by Crippen LogP contribution is -2.21. The molecule has 0 atom stereocenters. The summed E-state index contributed by atoms with van der Waals surface area (Å²) in [4.78, 5) is 19.3. The zero-order valence-electron chi connectivity index (χ0n) is 12.7. The van der Waals surface area contributed by atoms with Gasteiger partial charge in [-0.05, 0) is 12.1 Å². The first-order chi connectivity index (χ1) is 11.8. The Morgan fingerprint density at radius 2 is 1.50 bits per heavy atom. The SMILES string of the molecule is O=C(NO)c1ncc(Cn2c3ccccc3c3ccccc32)cn1. The summed E-state index contributed by atoms with van der Waals surface area (Å²) in [6.45, 7) is 0.592. The molecule has 2 aromatic carbocycles. The van der Waals surface area contributed by atoms with E-state index in [4.69, 9.17) is 5.21 Å². The Hall–Kier alpha value is -3.25. The molecule has 0 saturated heterocycles. The lowest BCUT2D eigenvalue weighted by Gasteiger charge is -2.07. The molecule has 2 N–H and O–H groups in total. The number of carbonyl (C=O) groups excluding carboxylic acids is 1. The van der Waals surface area contributed by atoms with Crippen molar-refractivity contribution >= 4 is 27.7 Å². The molecule has 0 spiro atoms. The van der Waals surface area contributed by atoms with Crippen LogP contribution in [0.15, 0.2) is 60.9 Å². The van der Waals surface area contributed by atoms with E-state index in [0.29, 0.717) is 6.54 Å². The number of nitrogens with zero attached hydrogens (tertiary/aromatic N) is 3. The second-order valence-electron chi connectivity index (χ2n) is 5.48. The third-order valence-corrected chi connectivity index (χ3v) is 4.03. The Morgan fingerprint density at radius 3 is 2.04 bits per heavy atom. The molecule has 2 aromatic heterocycles. The van der Waals surface area contributed by atoms with Crippen LogP contribution in [0.2, 0.25) is 0 Å². The first kappa shape index (κ1) is 14.3. The van der Waals surface area contributed by atoms with E-state index in [0.717, 1.165) is 16.6 Å². The van der Waals surface area contributed by atoms with E-state index < -0.39 is 5.91 Å². The average molecular weight is 318 g/mol. The number of para-hydroxylation sites is 2. The molecule has 4 aromatic rings. The predicted octanol–water partition coefficient (Wildman–Crippen LogP) is 2.75. The van der Waals surface area contributed by atoms with Crippen LogP contribution < -0.4 is 5.48 Å². The number of hydroxylamine groups is 1. The fourth-order valence-corrected chi connectivity index (χ4v) is 2.96. The standard InChI is InChI=1S/C18H14N4O2/c23-18(21-24)17-19-9-12(10-20-17)11-22-15-7-3-1-5-13(15)14-6-2-4-8-16(14)22/h1-10,24H,11H2,(H,21,23). The highest BCUT2D eigenvalue weighted by Gasteiger charge is 2.11. The maximum absolute atomic E-state index is 11.3. The average Bonchev–Trinajstić information content (AvgIpc) is 2.96. The van der Waals surface area contributed by atoms with E-state index in [1.165, 1.54) is 16.3 Å². The fourth-order valence-electron chi connectivity index (χ4n) is 2.96. The number of fused-ring (bicyclic) bond motifs is 3. The molecule has 1 amide bonds. The monoisotopic (exact) mass is 318 g/mol. The van der Waals surface area contributed by atoms with Crippen molar-refractivity contribution in [1.82, 2.24) is 20.0 Å². The van der Waals surface area contributed by atoms with E-state index in [-0.39, 0.29) is 5.82 Å². The van der Waals surface area contributed by atoms with Crippen LogP contribution >= 0.6 is 0 Å². The highest BCUT2D eigenvalue weighted by Crippen LogP contribution is 2.29. The number of rotatable bonds is 3. The molecule has 2 heterocycles. The van der Waals surface area contributed by atoms with Gasteiger partial charge in [-0.3, -0.25) is 10.0 Å². The summed E-state index contributed by atoms with van der Waals surface area (Å²) < 4.78 is 2.20. The van der Waals surface area contributed by atoms with Crippen LogP contribution in [0.5, 0.6) is 0 Å². The first-order valence-electron chi connectivity index (χ1n) is 7.49. The Bertz CT molecular complexity index is 985. The van der Waals surface area contributed by atoms with Crippen molar-refractivity contribution in [3.63, 3.8) is 0 Å². The second kappa shape index (κ2) is 5.75. The van der Waals surface area contributed by atoms with Gasteiger partial charge in [-0.1, -0.05) is 36.4 Å². The van der Waals surface area contributed by atoms with E-state index in [1.807, 2.05) is 24.3 Å². The Labute approximate surface area is 137 Å². The van der Waals surface area contributed by atoms with Gasteiger partial charge in [0.05, 0.1) is 6.54 Å². The van der Waals surface area contributed by atoms with Crippen LogP contribution in [-0.2, 0) is 6.54 Å². The molecule has 6 nitrogen and oxygen atoms in total. The first-order valence-corrected chi connectivity index (χ1v) is 7.49. The van der Waals surface area contributed by atoms with Crippen molar-refractivity contribution in [2.24, 2.45) is 0 Å². The van der Waals surface area contributed by atoms with Crippen molar-refractivity contribution < 1.29 is 10.0 Å². The van der Waals surface area contributed by atoms with E-state index >= 15 is 0 Å². The van der Waals surface area contributed by atoms with Gasteiger partial charge < -0.3 is 4.57 Å². The minimum absolute atomic E-state index is 0.0662. The van der Waals surface area contributed by atoms with Crippen molar-refractivity contribution in [3.05, 3.63) is 72.3 Å². The van der Waals surface area contributed by atoms with Gasteiger partial charge >= 0.3 is 5.91 Å². The number of nitrogens with one attached hydrogen (secondary N) is 1. The zero-order valence-corrected chi connectivity index (χ0v) is 12.7. The Balaban J connectivity index is 1.80. The molecule has 0 saturated carbocycles. The normalized spacial score (nSPS) is 11.0. The number of aromatic nitrogens is 3. The quantitative estimate of drug-likeness (QED) is 0.449. The highest BCUT2D eigenvalue weighted by atomic mass is 16.5. The summed E-state index contributed by atoms with van der Waals surface area (Å²) >= 11 is 0. The van der Waals surface area contributed by atoms with Crippen LogP contribution in [0, 0.1) is 0 Å². The Kier molecular flexibility index (Phi) is 3.44. The van der Waals surface area contributed by atoms with E-state index in [9.17, 15) is 4.79 Å². The summed E-state index contributed by atoms with van der Waals surface area (Å²) in [7, 11) is 0. The minimum Gasteiger partial charge on any atom is -0.336 e. The highest BCUT2D eigenvalue weighted by molar-refractivity contribution is 6.08. The molecule has 0 fully saturated rings. The van der Waals surface area contributed by atoms with Crippen molar-refractivity contribution in [3.8, 4) is 0 Å². The molecule has 0 radical (unpaired) electrons. The number of benzene rings is 2. The van der Waals surface area contributed by atoms with Crippen molar-refractivity contribution in [2.45, 2.75) is 6.54 Å². The molecular weight excluding hydrogens is 304 g/mol. The number of hydrogen-bond donors (Lipinski definition) is 2. The van der Waals surface area contributed by atoms with Gasteiger partial charge in [0.25, 0.3) is 0 Å². The molecule has 4 rings (SSSR count). The lowest BCUT2D eigenvalue weighted by molar-refractivity contribution is 0.0694. The topological polar surface area (TPSA) is 80.0 Å². The van der Waals surface area contributed by atoms with Gasteiger partial charge in [0.15, 0.2) is 0 Å². The summed E-state index contributed by atoms with van der Waals surface area (Å²) in [6, 6.07) is 16.5. The molecule has 0 aliphatic rings. The number of hydrogen-bond acceptors (Lipinski definition) is 4. The Morgan fingerprint density at radius 1 is 0.958 bits per heavy atom. The number of amides is 1. The van der Waals surface area contributed by atoms with Gasteiger partial charge in [-0.2, -0.15) is 0 Å². The summed E-state index contributed by atoms with van der Waals surface area (Å²) in [5.74, 6) is -0.790. The predicted molar refractivity (Wildman–Crippen MR) is 89.8 cm³/mol. The number of carbonyl (C=O) groups is 1. The molecule has 118 valence electrons. The van der Waals surface area contributed by atoms with Crippen LogP contribution in [0.4, 0.5) is 0 Å². The van der Waals surface area contributed by atoms with Gasteiger partial charge in [0.1, 0.15) is 0 Å². The molecule has 24 heavy (non-hydrogen) atoms. The van der Waals surface area contributed by atoms with Crippen molar-refractivity contribution in [1.29, 1.82) is 0 Å². The van der Waals surface area contributed by atoms with Crippen LogP contribution in [0.25, 0.3) is 21.8 Å². The third-order valence-electron chi connectivity index (χ3n) is 4.03. The minimum atomic E-state index is -0.724. The van der Waals surface area contributed by atoms with Gasteiger partial charge in [-0.15, -0.1) is 0 Å². The lowest BCUT2D eigenvalue weighted by atomic mass is 10.2. The van der Waals surface area contributed by atoms with Gasteiger partial charge in [0.2, 0.25) is 5.82 Å².